The average molecular weight is 302 g/mol. The number of nitriles is 1. The van der Waals surface area contributed by atoms with E-state index in [0.717, 1.165) is 0 Å². The van der Waals surface area contributed by atoms with Crippen molar-refractivity contribution in [2.75, 3.05) is 0 Å². The van der Waals surface area contributed by atoms with E-state index in [-0.39, 0.29) is 21.7 Å². The SMILES string of the molecule is N#C/C(=C\c1c(F)cccc1Cl)c1ccc(C(=O)O)cc1. The largest absolute Gasteiger partial charge is 0.478 e. The normalized spacial score (nSPS) is 11.0. The van der Waals surface area contributed by atoms with Crippen LogP contribution < -0.4 is 0 Å². The van der Waals surface area contributed by atoms with Gasteiger partial charge >= 0.3 is 5.97 Å². The third-order valence-electron chi connectivity index (χ3n) is 2.85. The van der Waals surface area contributed by atoms with Crippen LogP contribution in [0.15, 0.2) is 42.5 Å². The molecule has 0 radical (unpaired) electrons. The molecule has 0 saturated carbocycles. The van der Waals surface area contributed by atoms with Crippen molar-refractivity contribution in [3.8, 4) is 6.07 Å². The van der Waals surface area contributed by atoms with Gasteiger partial charge < -0.3 is 5.11 Å². The number of nitrogens with zero attached hydrogens (tertiary/aromatic N) is 1. The maximum absolute atomic E-state index is 13.7. The lowest BCUT2D eigenvalue weighted by molar-refractivity contribution is 0.0697. The van der Waals surface area contributed by atoms with E-state index in [1.165, 1.54) is 48.5 Å². The van der Waals surface area contributed by atoms with Gasteiger partial charge in [-0.2, -0.15) is 5.26 Å². The van der Waals surface area contributed by atoms with Crippen LogP contribution in [0.4, 0.5) is 4.39 Å². The summed E-state index contributed by atoms with van der Waals surface area (Å²) >= 11 is 5.91. The van der Waals surface area contributed by atoms with Crippen molar-refractivity contribution >= 4 is 29.2 Å². The van der Waals surface area contributed by atoms with Crippen molar-refractivity contribution in [3.05, 3.63) is 70.0 Å². The number of aromatic carboxylic acids is 1. The van der Waals surface area contributed by atoms with Crippen LogP contribution in [0.2, 0.25) is 5.02 Å². The van der Waals surface area contributed by atoms with Gasteiger partial charge in [-0.15, -0.1) is 0 Å². The molecule has 0 aliphatic carbocycles. The van der Waals surface area contributed by atoms with Crippen LogP contribution in [0.1, 0.15) is 21.5 Å². The fourth-order valence-electron chi connectivity index (χ4n) is 1.77. The molecule has 2 aromatic carbocycles. The van der Waals surface area contributed by atoms with E-state index in [2.05, 4.69) is 0 Å². The molecule has 1 N–H and O–H groups in total. The first-order valence-electron chi connectivity index (χ1n) is 5.92. The predicted molar refractivity (Wildman–Crippen MR) is 78.3 cm³/mol. The second-order valence-corrected chi connectivity index (χ2v) is 4.59. The Morgan fingerprint density at radius 1 is 1.19 bits per heavy atom. The molecule has 5 heteroatoms. The Morgan fingerprint density at radius 3 is 2.33 bits per heavy atom. The van der Waals surface area contributed by atoms with Gasteiger partial charge in [0.25, 0.3) is 0 Å². The van der Waals surface area contributed by atoms with E-state index in [1.54, 1.807) is 0 Å². The van der Waals surface area contributed by atoms with Gasteiger partial charge in [-0.1, -0.05) is 29.8 Å². The summed E-state index contributed by atoms with van der Waals surface area (Å²) in [4.78, 5) is 10.8. The Balaban J connectivity index is 2.47. The predicted octanol–water partition coefficient (Wildman–Crippen LogP) is 4.24. The number of allylic oxidation sites excluding steroid dienone is 1. The van der Waals surface area contributed by atoms with Crippen LogP contribution in [0.3, 0.4) is 0 Å². The molecule has 0 bridgehead atoms. The van der Waals surface area contributed by atoms with Crippen LogP contribution in [-0.4, -0.2) is 11.1 Å². The first-order chi connectivity index (χ1) is 10.0. The van der Waals surface area contributed by atoms with Gasteiger partial charge in [0, 0.05) is 5.56 Å². The zero-order chi connectivity index (χ0) is 15.4. The molecular weight excluding hydrogens is 293 g/mol. The van der Waals surface area contributed by atoms with Crippen LogP contribution in [-0.2, 0) is 0 Å². The standard InChI is InChI=1S/C16H9ClFNO2/c17-14-2-1-3-15(18)13(14)8-12(9-19)10-4-6-11(7-5-10)16(20)21/h1-8H,(H,20,21)/b12-8+. The fourth-order valence-corrected chi connectivity index (χ4v) is 1.98. The van der Waals surface area contributed by atoms with E-state index in [1.807, 2.05) is 6.07 Å². The maximum Gasteiger partial charge on any atom is 0.335 e. The highest BCUT2D eigenvalue weighted by molar-refractivity contribution is 6.32. The highest BCUT2D eigenvalue weighted by Gasteiger charge is 2.09. The lowest BCUT2D eigenvalue weighted by Crippen LogP contribution is -1.95. The second-order valence-electron chi connectivity index (χ2n) is 4.19. The lowest BCUT2D eigenvalue weighted by atomic mass is 10.0. The first-order valence-corrected chi connectivity index (χ1v) is 6.30. The third-order valence-corrected chi connectivity index (χ3v) is 3.18. The smallest absolute Gasteiger partial charge is 0.335 e. The Morgan fingerprint density at radius 2 is 1.81 bits per heavy atom. The molecule has 104 valence electrons. The van der Waals surface area contributed by atoms with Gasteiger partial charge in [0.2, 0.25) is 0 Å². The van der Waals surface area contributed by atoms with E-state index in [9.17, 15) is 14.4 Å². The molecule has 0 fully saturated rings. The molecule has 0 unspecified atom stereocenters. The number of carboxylic acid groups (broad SMARTS) is 1. The van der Waals surface area contributed by atoms with Crippen LogP contribution in [0, 0.1) is 17.1 Å². The maximum atomic E-state index is 13.7. The van der Waals surface area contributed by atoms with Crippen LogP contribution in [0.25, 0.3) is 11.6 Å². The summed E-state index contributed by atoms with van der Waals surface area (Å²) in [6, 6.07) is 12.0. The molecule has 0 saturated heterocycles. The summed E-state index contributed by atoms with van der Waals surface area (Å²) in [6.07, 6.45) is 1.34. The molecular formula is C16H9ClFNO2. The molecule has 2 aromatic rings. The van der Waals surface area contributed by atoms with Crippen molar-refractivity contribution < 1.29 is 14.3 Å². The van der Waals surface area contributed by atoms with E-state index >= 15 is 0 Å². The number of halogens is 2. The molecule has 0 amide bonds. The summed E-state index contributed by atoms with van der Waals surface area (Å²) in [6.45, 7) is 0. The fraction of sp³-hybridized carbons (Fsp3) is 0. The van der Waals surface area contributed by atoms with Gasteiger partial charge in [0.1, 0.15) is 5.82 Å². The molecule has 0 aliphatic rings. The molecule has 0 atom stereocenters. The average Bonchev–Trinajstić information content (AvgIpc) is 2.47. The van der Waals surface area contributed by atoms with Crippen LogP contribution >= 0.6 is 11.6 Å². The zero-order valence-electron chi connectivity index (χ0n) is 10.7. The quantitative estimate of drug-likeness (QED) is 0.681. The van der Waals surface area contributed by atoms with E-state index in [0.29, 0.717) is 5.56 Å². The Hall–Kier alpha value is -2.64. The molecule has 0 aliphatic heterocycles. The summed E-state index contributed by atoms with van der Waals surface area (Å²) in [7, 11) is 0. The summed E-state index contributed by atoms with van der Waals surface area (Å²) in [5, 5.41) is 18.2. The topological polar surface area (TPSA) is 61.1 Å². The highest BCUT2D eigenvalue weighted by atomic mass is 35.5. The summed E-state index contributed by atoms with van der Waals surface area (Å²) in [5.74, 6) is -1.58. The molecule has 0 aromatic heterocycles. The first kappa shape index (κ1) is 14.8. The lowest BCUT2D eigenvalue weighted by Gasteiger charge is -2.03. The van der Waals surface area contributed by atoms with Gasteiger partial charge in [-0.05, 0) is 35.9 Å². The summed E-state index contributed by atoms with van der Waals surface area (Å²) < 4.78 is 13.7. The number of carboxylic acids is 1. The molecule has 2 rings (SSSR count). The van der Waals surface area contributed by atoms with Gasteiger partial charge in [0.05, 0.1) is 22.2 Å². The minimum atomic E-state index is -1.05. The van der Waals surface area contributed by atoms with Crippen molar-refractivity contribution in [2.24, 2.45) is 0 Å². The Labute approximate surface area is 125 Å². The molecule has 3 nitrogen and oxygen atoms in total. The van der Waals surface area contributed by atoms with Gasteiger partial charge in [-0.25, -0.2) is 9.18 Å². The number of rotatable bonds is 3. The number of hydrogen-bond donors (Lipinski definition) is 1. The third kappa shape index (κ3) is 3.28. The molecule has 0 heterocycles. The van der Waals surface area contributed by atoms with E-state index < -0.39 is 11.8 Å². The number of benzene rings is 2. The van der Waals surface area contributed by atoms with Crippen LogP contribution in [0.5, 0.6) is 0 Å². The molecule has 21 heavy (non-hydrogen) atoms. The second kappa shape index (κ2) is 6.21. The monoisotopic (exact) mass is 301 g/mol. The van der Waals surface area contributed by atoms with Gasteiger partial charge in [0.15, 0.2) is 0 Å². The number of hydrogen-bond acceptors (Lipinski definition) is 2. The number of carbonyl (C=O) groups is 1. The Bertz CT molecular complexity index is 741. The van der Waals surface area contributed by atoms with Crippen molar-refractivity contribution in [2.45, 2.75) is 0 Å². The zero-order valence-corrected chi connectivity index (χ0v) is 11.4. The van der Waals surface area contributed by atoms with Gasteiger partial charge in [-0.3, -0.25) is 0 Å². The van der Waals surface area contributed by atoms with E-state index in [4.69, 9.17) is 16.7 Å². The molecule has 0 spiro atoms. The van der Waals surface area contributed by atoms with Crippen molar-refractivity contribution in [1.29, 1.82) is 5.26 Å². The van der Waals surface area contributed by atoms with Crippen molar-refractivity contribution in [3.63, 3.8) is 0 Å². The highest BCUT2D eigenvalue weighted by Crippen LogP contribution is 2.25. The minimum absolute atomic E-state index is 0.111. The van der Waals surface area contributed by atoms with Crippen molar-refractivity contribution in [1.82, 2.24) is 0 Å². The minimum Gasteiger partial charge on any atom is -0.478 e. The summed E-state index contributed by atoms with van der Waals surface area (Å²) in [5.41, 5.74) is 0.916. The Kier molecular flexibility index (Phi) is 4.36.